The van der Waals surface area contributed by atoms with Crippen LogP contribution in [0.3, 0.4) is 0 Å². The van der Waals surface area contributed by atoms with Crippen LogP contribution in [0.25, 0.3) is 5.69 Å². The predicted octanol–water partition coefficient (Wildman–Crippen LogP) is 0.883. The van der Waals surface area contributed by atoms with E-state index in [0.717, 1.165) is 17.4 Å². The lowest BCUT2D eigenvalue weighted by Crippen LogP contribution is -2.00. The van der Waals surface area contributed by atoms with E-state index in [0.29, 0.717) is 10.8 Å². The highest BCUT2D eigenvalue weighted by Crippen LogP contribution is 2.19. The van der Waals surface area contributed by atoms with E-state index in [1.807, 2.05) is 6.07 Å². The summed E-state index contributed by atoms with van der Waals surface area (Å²) in [7, 11) is 0. The summed E-state index contributed by atoms with van der Waals surface area (Å²) in [5.74, 6) is 0. The number of carbonyl (C=O) groups is 1. The Hall–Kier alpha value is -1.89. The maximum atomic E-state index is 11.0. The third-order valence-corrected chi connectivity index (χ3v) is 2.52. The van der Waals surface area contributed by atoms with Crippen molar-refractivity contribution in [3.05, 3.63) is 24.3 Å². The Morgan fingerprint density at radius 1 is 1.50 bits per heavy atom. The summed E-state index contributed by atoms with van der Waals surface area (Å²) in [6, 6.07) is 7.12. The van der Waals surface area contributed by atoms with Crippen molar-refractivity contribution in [3.63, 3.8) is 0 Å². The minimum atomic E-state index is -0.0695. The van der Waals surface area contributed by atoms with E-state index in [1.165, 1.54) is 11.6 Å². The molecular formula is C9H9N5OS. The smallest absolute Gasteiger partial charge is 0.221 e. The Bertz CT molecular complexity index is 524. The molecular weight excluding hydrogens is 226 g/mol. The molecule has 1 heterocycles. The van der Waals surface area contributed by atoms with Gasteiger partial charge in [-0.3, -0.25) is 4.79 Å². The van der Waals surface area contributed by atoms with Crippen molar-refractivity contribution in [1.82, 2.24) is 20.2 Å². The second-order valence-corrected chi connectivity index (χ2v) is 4.21. The normalized spacial score (nSPS) is 10.3. The summed E-state index contributed by atoms with van der Waals surface area (Å²) in [6.45, 7) is 1.46. The van der Waals surface area contributed by atoms with Crippen molar-refractivity contribution < 1.29 is 4.79 Å². The molecule has 0 saturated carbocycles. The SMILES string of the molecule is CC(=O)Sc1nnnn1-c1cccc(N)c1. The molecule has 0 atom stereocenters. The molecule has 0 aliphatic heterocycles. The van der Waals surface area contributed by atoms with Gasteiger partial charge in [0.1, 0.15) is 0 Å². The Morgan fingerprint density at radius 3 is 3.00 bits per heavy atom. The Kier molecular flexibility index (Phi) is 2.86. The van der Waals surface area contributed by atoms with E-state index in [9.17, 15) is 4.79 Å². The number of nitrogens with two attached hydrogens (primary N) is 1. The number of benzene rings is 1. The minimum absolute atomic E-state index is 0.0695. The molecule has 16 heavy (non-hydrogen) atoms. The molecule has 0 saturated heterocycles. The van der Waals surface area contributed by atoms with Crippen LogP contribution in [0.5, 0.6) is 0 Å². The van der Waals surface area contributed by atoms with Crippen LogP contribution in [0, 0.1) is 0 Å². The van der Waals surface area contributed by atoms with Crippen LogP contribution in [-0.4, -0.2) is 25.3 Å². The summed E-state index contributed by atoms with van der Waals surface area (Å²) in [5, 5.41) is 11.5. The lowest BCUT2D eigenvalue weighted by Gasteiger charge is -2.02. The van der Waals surface area contributed by atoms with Crippen LogP contribution < -0.4 is 5.73 Å². The molecule has 1 aromatic heterocycles. The minimum Gasteiger partial charge on any atom is -0.399 e. The molecule has 2 rings (SSSR count). The van der Waals surface area contributed by atoms with Crippen molar-refractivity contribution >= 4 is 22.6 Å². The molecule has 82 valence electrons. The van der Waals surface area contributed by atoms with Gasteiger partial charge in [0.2, 0.25) is 5.16 Å². The van der Waals surface area contributed by atoms with Crippen LogP contribution in [0.1, 0.15) is 6.92 Å². The molecule has 0 bridgehead atoms. The molecule has 2 aromatic rings. The van der Waals surface area contributed by atoms with Crippen molar-refractivity contribution in [1.29, 1.82) is 0 Å². The van der Waals surface area contributed by atoms with Gasteiger partial charge in [-0.25, -0.2) is 0 Å². The van der Waals surface area contributed by atoms with Crippen LogP contribution in [0.2, 0.25) is 0 Å². The molecule has 0 spiro atoms. The molecule has 7 heteroatoms. The average molecular weight is 235 g/mol. The summed E-state index contributed by atoms with van der Waals surface area (Å²) in [6.07, 6.45) is 0. The number of nitrogen functional groups attached to an aromatic ring is 1. The Morgan fingerprint density at radius 2 is 2.31 bits per heavy atom. The molecule has 0 aliphatic rings. The van der Waals surface area contributed by atoms with Crippen molar-refractivity contribution in [3.8, 4) is 5.69 Å². The molecule has 0 unspecified atom stereocenters. The maximum Gasteiger partial charge on any atom is 0.221 e. The number of hydrogen-bond donors (Lipinski definition) is 1. The van der Waals surface area contributed by atoms with E-state index in [1.54, 1.807) is 18.2 Å². The van der Waals surface area contributed by atoms with Crippen LogP contribution in [-0.2, 0) is 4.79 Å². The summed E-state index contributed by atoms with van der Waals surface area (Å²) in [5.41, 5.74) is 7.01. The largest absolute Gasteiger partial charge is 0.399 e. The number of tetrazole rings is 1. The van der Waals surface area contributed by atoms with Crippen LogP contribution in [0.4, 0.5) is 5.69 Å². The summed E-state index contributed by atoms with van der Waals surface area (Å²) < 4.78 is 1.47. The van der Waals surface area contributed by atoms with Crippen molar-refractivity contribution in [2.75, 3.05) is 5.73 Å². The van der Waals surface area contributed by atoms with Gasteiger partial charge in [-0.15, -0.1) is 5.10 Å². The molecule has 1 aromatic carbocycles. The lowest BCUT2D eigenvalue weighted by atomic mass is 10.3. The number of carbonyl (C=O) groups excluding carboxylic acids is 1. The first-order valence-electron chi connectivity index (χ1n) is 4.49. The second kappa shape index (κ2) is 4.31. The zero-order valence-corrected chi connectivity index (χ0v) is 9.31. The van der Waals surface area contributed by atoms with Crippen molar-refractivity contribution in [2.24, 2.45) is 0 Å². The van der Waals surface area contributed by atoms with Gasteiger partial charge in [0, 0.05) is 12.6 Å². The summed E-state index contributed by atoms with van der Waals surface area (Å²) in [4.78, 5) is 11.0. The summed E-state index contributed by atoms with van der Waals surface area (Å²) >= 11 is 0.980. The number of hydrogen-bond acceptors (Lipinski definition) is 6. The average Bonchev–Trinajstić information content (AvgIpc) is 2.65. The lowest BCUT2D eigenvalue weighted by molar-refractivity contribution is -0.109. The van der Waals surface area contributed by atoms with Gasteiger partial charge in [0.15, 0.2) is 5.12 Å². The van der Waals surface area contributed by atoms with Crippen LogP contribution >= 0.6 is 11.8 Å². The topological polar surface area (TPSA) is 86.7 Å². The van der Waals surface area contributed by atoms with E-state index in [2.05, 4.69) is 15.5 Å². The maximum absolute atomic E-state index is 11.0. The van der Waals surface area contributed by atoms with Gasteiger partial charge in [0.05, 0.1) is 5.69 Å². The molecule has 2 N–H and O–H groups in total. The zero-order chi connectivity index (χ0) is 11.5. The van der Waals surface area contributed by atoms with Gasteiger partial charge in [-0.1, -0.05) is 6.07 Å². The molecule has 6 nitrogen and oxygen atoms in total. The van der Waals surface area contributed by atoms with Gasteiger partial charge >= 0.3 is 0 Å². The number of nitrogens with zero attached hydrogens (tertiary/aromatic N) is 4. The number of rotatable bonds is 2. The number of aromatic nitrogens is 4. The first-order valence-corrected chi connectivity index (χ1v) is 5.31. The molecule has 0 aliphatic carbocycles. The second-order valence-electron chi connectivity index (χ2n) is 3.06. The Labute approximate surface area is 95.8 Å². The molecule has 0 fully saturated rings. The highest BCUT2D eigenvalue weighted by molar-refractivity contribution is 8.13. The van der Waals surface area contributed by atoms with E-state index < -0.39 is 0 Å². The van der Waals surface area contributed by atoms with Gasteiger partial charge < -0.3 is 5.73 Å². The van der Waals surface area contributed by atoms with Gasteiger partial charge in [-0.05, 0) is 40.4 Å². The third kappa shape index (κ3) is 2.19. The fourth-order valence-corrected chi connectivity index (χ4v) is 1.75. The van der Waals surface area contributed by atoms with Gasteiger partial charge in [-0.2, -0.15) is 4.68 Å². The third-order valence-electron chi connectivity index (χ3n) is 1.79. The predicted molar refractivity (Wildman–Crippen MR) is 60.1 cm³/mol. The first-order chi connectivity index (χ1) is 7.66. The molecule has 0 radical (unpaired) electrons. The highest BCUT2D eigenvalue weighted by Gasteiger charge is 2.10. The molecule has 0 amide bonds. The Balaban J connectivity index is 2.40. The zero-order valence-electron chi connectivity index (χ0n) is 8.49. The number of anilines is 1. The van der Waals surface area contributed by atoms with E-state index in [4.69, 9.17) is 5.73 Å². The van der Waals surface area contributed by atoms with E-state index in [-0.39, 0.29) is 5.12 Å². The highest BCUT2D eigenvalue weighted by atomic mass is 32.2. The quantitative estimate of drug-likeness (QED) is 0.614. The fraction of sp³-hybridized carbons (Fsp3) is 0.111. The van der Waals surface area contributed by atoms with Crippen molar-refractivity contribution in [2.45, 2.75) is 12.1 Å². The van der Waals surface area contributed by atoms with Gasteiger partial charge in [0.25, 0.3) is 0 Å². The fourth-order valence-electron chi connectivity index (χ4n) is 1.19. The monoisotopic (exact) mass is 235 g/mol. The number of thioether (sulfide) groups is 1. The first kappa shape index (κ1) is 10.6. The van der Waals surface area contributed by atoms with E-state index >= 15 is 0 Å². The van der Waals surface area contributed by atoms with Crippen LogP contribution in [0.15, 0.2) is 29.4 Å². The standard InChI is InChI=1S/C9H9N5OS/c1-6(15)16-9-11-12-13-14(9)8-4-2-3-7(10)5-8/h2-5H,10H2,1H3.